The number of carboxylic acids is 1. The summed E-state index contributed by atoms with van der Waals surface area (Å²) in [5.41, 5.74) is 1.80. The maximum Gasteiger partial charge on any atom is 0.305 e. The van der Waals surface area contributed by atoms with Crippen LogP contribution in [0.2, 0.25) is 0 Å². The van der Waals surface area contributed by atoms with Crippen molar-refractivity contribution in [1.82, 2.24) is 4.90 Å². The standard InChI is InChI=1S/C16H23NO3S/c1-4-21-11-13-5-7-14(8-6-13)16(20)17(12(2)3)10-9-15(18)19/h5-8,12H,4,9-11H2,1-3H3,(H,18,19). The summed E-state index contributed by atoms with van der Waals surface area (Å²) in [5.74, 6) is 1.01. The predicted octanol–water partition coefficient (Wildman–Crippen LogP) is 3.27. The third-order valence-corrected chi connectivity index (χ3v) is 4.07. The number of carbonyl (C=O) groups excluding carboxylic acids is 1. The van der Waals surface area contributed by atoms with Crippen LogP contribution in [0.5, 0.6) is 0 Å². The summed E-state index contributed by atoms with van der Waals surface area (Å²) in [4.78, 5) is 24.7. The Labute approximate surface area is 130 Å². The van der Waals surface area contributed by atoms with Crippen LogP contribution in [0.3, 0.4) is 0 Å². The van der Waals surface area contributed by atoms with Gasteiger partial charge in [0, 0.05) is 23.9 Å². The average molecular weight is 309 g/mol. The van der Waals surface area contributed by atoms with Crippen LogP contribution < -0.4 is 0 Å². The second-order valence-corrected chi connectivity index (χ2v) is 6.34. The van der Waals surface area contributed by atoms with Crippen LogP contribution in [0.4, 0.5) is 0 Å². The lowest BCUT2D eigenvalue weighted by Gasteiger charge is -2.26. The minimum atomic E-state index is -0.889. The van der Waals surface area contributed by atoms with E-state index in [4.69, 9.17) is 5.11 Å². The molecule has 4 nitrogen and oxygen atoms in total. The van der Waals surface area contributed by atoms with E-state index in [0.717, 1.165) is 11.5 Å². The van der Waals surface area contributed by atoms with E-state index < -0.39 is 5.97 Å². The van der Waals surface area contributed by atoms with Gasteiger partial charge >= 0.3 is 5.97 Å². The summed E-state index contributed by atoms with van der Waals surface area (Å²) in [6.45, 7) is 6.14. The lowest BCUT2D eigenvalue weighted by atomic mass is 10.1. The Bertz CT molecular complexity index is 471. The number of amides is 1. The average Bonchev–Trinajstić information content (AvgIpc) is 2.45. The number of carbonyl (C=O) groups is 2. The minimum absolute atomic E-state index is 0.0211. The molecule has 0 fully saturated rings. The van der Waals surface area contributed by atoms with E-state index in [0.29, 0.717) is 5.56 Å². The van der Waals surface area contributed by atoms with E-state index in [1.807, 2.05) is 49.9 Å². The smallest absolute Gasteiger partial charge is 0.305 e. The summed E-state index contributed by atoms with van der Waals surface area (Å²) in [5, 5.41) is 8.78. The monoisotopic (exact) mass is 309 g/mol. The normalized spacial score (nSPS) is 10.7. The molecule has 0 aromatic heterocycles. The summed E-state index contributed by atoms with van der Waals surface area (Å²) in [7, 11) is 0. The van der Waals surface area contributed by atoms with Crippen molar-refractivity contribution in [2.24, 2.45) is 0 Å². The van der Waals surface area contributed by atoms with Gasteiger partial charge in [0.15, 0.2) is 0 Å². The SMILES string of the molecule is CCSCc1ccc(C(=O)N(CCC(=O)O)C(C)C)cc1. The van der Waals surface area contributed by atoms with Gasteiger partial charge in [-0.25, -0.2) is 0 Å². The molecule has 0 saturated heterocycles. The molecule has 0 aliphatic rings. The van der Waals surface area contributed by atoms with E-state index in [-0.39, 0.29) is 24.9 Å². The molecule has 1 amide bonds. The maximum absolute atomic E-state index is 12.5. The Morgan fingerprint density at radius 2 is 1.86 bits per heavy atom. The van der Waals surface area contributed by atoms with Crippen LogP contribution in [-0.4, -0.2) is 40.2 Å². The van der Waals surface area contributed by atoms with Gasteiger partial charge in [-0.2, -0.15) is 11.8 Å². The first-order valence-electron chi connectivity index (χ1n) is 7.15. The van der Waals surface area contributed by atoms with Gasteiger partial charge in [-0.15, -0.1) is 0 Å². The van der Waals surface area contributed by atoms with Crippen molar-refractivity contribution in [3.63, 3.8) is 0 Å². The highest BCUT2D eigenvalue weighted by Crippen LogP contribution is 2.15. The van der Waals surface area contributed by atoms with Gasteiger partial charge in [0.25, 0.3) is 5.91 Å². The zero-order valence-electron chi connectivity index (χ0n) is 12.8. The molecule has 0 saturated carbocycles. The Balaban J connectivity index is 2.76. The van der Waals surface area contributed by atoms with Gasteiger partial charge < -0.3 is 10.0 Å². The Morgan fingerprint density at radius 3 is 2.33 bits per heavy atom. The van der Waals surface area contributed by atoms with Crippen molar-refractivity contribution in [2.45, 2.75) is 39.0 Å². The van der Waals surface area contributed by atoms with Crippen LogP contribution >= 0.6 is 11.8 Å². The molecule has 1 N–H and O–H groups in total. The zero-order chi connectivity index (χ0) is 15.8. The van der Waals surface area contributed by atoms with Crippen molar-refractivity contribution in [3.8, 4) is 0 Å². The van der Waals surface area contributed by atoms with Crippen LogP contribution in [0.15, 0.2) is 24.3 Å². The second kappa shape index (κ2) is 8.72. The van der Waals surface area contributed by atoms with Crippen molar-refractivity contribution >= 4 is 23.6 Å². The van der Waals surface area contributed by atoms with Crippen molar-refractivity contribution < 1.29 is 14.7 Å². The van der Waals surface area contributed by atoms with Crippen molar-refractivity contribution in [3.05, 3.63) is 35.4 Å². The number of carboxylic acid groups (broad SMARTS) is 1. The summed E-state index contributed by atoms with van der Waals surface area (Å²) in [6.07, 6.45) is -0.0326. The molecular weight excluding hydrogens is 286 g/mol. The number of hydrogen-bond acceptors (Lipinski definition) is 3. The molecule has 0 unspecified atom stereocenters. The Kier molecular flexibility index (Phi) is 7.29. The number of hydrogen-bond donors (Lipinski definition) is 1. The lowest BCUT2D eigenvalue weighted by molar-refractivity contribution is -0.137. The molecule has 116 valence electrons. The molecule has 0 aliphatic carbocycles. The fourth-order valence-electron chi connectivity index (χ4n) is 1.94. The molecule has 21 heavy (non-hydrogen) atoms. The molecule has 5 heteroatoms. The van der Waals surface area contributed by atoms with Gasteiger partial charge in [0.05, 0.1) is 6.42 Å². The highest BCUT2D eigenvalue weighted by atomic mass is 32.2. The number of benzene rings is 1. The fourth-order valence-corrected chi connectivity index (χ4v) is 2.57. The van der Waals surface area contributed by atoms with Gasteiger partial charge in [-0.3, -0.25) is 9.59 Å². The number of nitrogens with zero attached hydrogens (tertiary/aromatic N) is 1. The predicted molar refractivity (Wildman–Crippen MR) is 86.7 cm³/mol. The molecule has 1 aromatic rings. The number of rotatable bonds is 8. The molecule has 0 bridgehead atoms. The fraction of sp³-hybridized carbons (Fsp3) is 0.500. The lowest BCUT2D eigenvalue weighted by Crippen LogP contribution is -2.38. The van der Waals surface area contributed by atoms with Crippen molar-refractivity contribution in [1.29, 1.82) is 0 Å². The maximum atomic E-state index is 12.5. The second-order valence-electron chi connectivity index (χ2n) is 5.07. The zero-order valence-corrected chi connectivity index (χ0v) is 13.7. The van der Waals surface area contributed by atoms with Crippen LogP contribution in [0, 0.1) is 0 Å². The van der Waals surface area contributed by atoms with Gasteiger partial charge in [0.1, 0.15) is 0 Å². The third-order valence-electron chi connectivity index (χ3n) is 3.12. The Morgan fingerprint density at radius 1 is 1.24 bits per heavy atom. The summed E-state index contributed by atoms with van der Waals surface area (Å²) < 4.78 is 0. The first-order chi connectivity index (χ1) is 9.95. The van der Waals surface area contributed by atoms with Gasteiger partial charge in [-0.05, 0) is 37.3 Å². The molecule has 0 radical (unpaired) electrons. The first kappa shape index (κ1) is 17.6. The summed E-state index contributed by atoms with van der Waals surface area (Å²) in [6, 6.07) is 7.55. The highest BCUT2D eigenvalue weighted by Gasteiger charge is 2.19. The van der Waals surface area contributed by atoms with Gasteiger partial charge in [-0.1, -0.05) is 19.1 Å². The quantitative estimate of drug-likeness (QED) is 0.801. The number of aliphatic carboxylic acids is 1. The minimum Gasteiger partial charge on any atom is -0.481 e. The van der Waals surface area contributed by atoms with E-state index in [9.17, 15) is 9.59 Å². The first-order valence-corrected chi connectivity index (χ1v) is 8.30. The topological polar surface area (TPSA) is 57.6 Å². The Hall–Kier alpha value is -1.49. The van der Waals surface area contributed by atoms with Crippen molar-refractivity contribution in [2.75, 3.05) is 12.3 Å². The number of thioether (sulfide) groups is 1. The van der Waals surface area contributed by atoms with Crippen LogP contribution in [-0.2, 0) is 10.5 Å². The molecular formula is C16H23NO3S. The van der Waals surface area contributed by atoms with Crippen LogP contribution in [0.1, 0.15) is 43.1 Å². The molecule has 0 atom stereocenters. The molecule has 1 aromatic carbocycles. The van der Waals surface area contributed by atoms with E-state index >= 15 is 0 Å². The summed E-state index contributed by atoms with van der Waals surface area (Å²) >= 11 is 1.84. The largest absolute Gasteiger partial charge is 0.481 e. The third kappa shape index (κ3) is 5.79. The highest BCUT2D eigenvalue weighted by molar-refractivity contribution is 7.98. The van der Waals surface area contributed by atoms with E-state index in [1.165, 1.54) is 5.56 Å². The van der Waals surface area contributed by atoms with Gasteiger partial charge in [0.2, 0.25) is 0 Å². The molecule has 0 aliphatic heterocycles. The molecule has 0 spiro atoms. The van der Waals surface area contributed by atoms with E-state index in [1.54, 1.807) is 4.90 Å². The van der Waals surface area contributed by atoms with Crippen LogP contribution in [0.25, 0.3) is 0 Å². The molecule has 1 rings (SSSR count). The molecule has 0 heterocycles. The van der Waals surface area contributed by atoms with E-state index in [2.05, 4.69) is 6.92 Å².